The Morgan fingerprint density at radius 2 is 1.42 bits per heavy atom. The second-order valence-corrected chi connectivity index (χ2v) is 31.9. The Balaban J connectivity index is 1.84. The summed E-state index contributed by atoms with van der Waals surface area (Å²) in [6, 6.07) is 9.96. The molecule has 0 spiro atoms. The minimum absolute atomic E-state index is 0.0500. The summed E-state index contributed by atoms with van der Waals surface area (Å²) in [5, 5.41) is -0.915. The molecule has 0 aliphatic carbocycles. The second kappa shape index (κ2) is 15.2. The Labute approximate surface area is 314 Å². The van der Waals surface area contributed by atoms with Gasteiger partial charge in [-0.05, 0) is 91.6 Å². The van der Waals surface area contributed by atoms with Gasteiger partial charge in [-0.15, -0.1) is 0 Å². The molecule has 11 nitrogen and oxygen atoms in total. The van der Waals surface area contributed by atoms with E-state index in [4.69, 9.17) is 26.2 Å². The van der Waals surface area contributed by atoms with E-state index in [1.165, 1.54) is 6.20 Å². The van der Waals surface area contributed by atoms with E-state index in [-0.39, 0.29) is 38.9 Å². The van der Waals surface area contributed by atoms with Gasteiger partial charge in [0.2, 0.25) is 0 Å². The third-order valence-corrected chi connectivity index (χ3v) is 23.3. The van der Waals surface area contributed by atoms with E-state index < -0.39 is 31.2 Å². The Bertz CT molecular complexity index is 1740. The summed E-state index contributed by atoms with van der Waals surface area (Å²) in [4.78, 5) is 53.2. The molecular weight excluding hydrogens is 703 g/mol. The van der Waals surface area contributed by atoms with Gasteiger partial charge in [0.25, 0.3) is 0 Å². The van der Waals surface area contributed by atoms with Gasteiger partial charge in [0.05, 0.1) is 24.5 Å². The molecule has 1 aromatic carbocycles. The SMILES string of the molecule is CC(C)(CC[C@H]1OC(n2cnc3c(N)nc(C(C=NCc4ccccc4)=CN)nc32)[C@H](CC(C)(C)[Si](C)(C)O)[C@@H]1CC(C)(C)[Si](C)(C)O)[Si](C)(C)O. The number of aromatic nitrogens is 4. The number of benzene rings is 1. The molecule has 2 aromatic heterocycles. The minimum atomic E-state index is -2.65. The van der Waals surface area contributed by atoms with E-state index >= 15 is 0 Å². The van der Waals surface area contributed by atoms with E-state index in [9.17, 15) is 14.4 Å². The van der Waals surface area contributed by atoms with Gasteiger partial charge < -0.3 is 30.6 Å². The number of imidazole rings is 1. The van der Waals surface area contributed by atoms with Crippen molar-refractivity contribution in [2.45, 2.75) is 140 Å². The molecule has 7 N–H and O–H groups in total. The maximum Gasteiger partial charge on any atom is 0.188 e. The number of fused-ring (bicyclic) bond motifs is 1. The molecule has 3 heterocycles. The predicted octanol–water partition coefficient (Wildman–Crippen LogP) is 7.60. The van der Waals surface area contributed by atoms with Crippen LogP contribution in [0.1, 0.15) is 84.8 Å². The van der Waals surface area contributed by atoms with Crippen molar-refractivity contribution in [1.29, 1.82) is 0 Å². The van der Waals surface area contributed by atoms with Crippen LogP contribution in [0.2, 0.25) is 54.4 Å². The molecule has 3 aromatic rings. The van der Waals surface area contributed by atoms with Crippen molar-refractivity contribution in [3.05, 3.63) is 54.2 Å². The second-order valence-electron chi connectivity index (χ2n) is 18.5. The molecule has 0 bridgehead atoms. The first-order valence-electron chi connectivity index (χ1n) is 18.6. The summed E-state index contributed by atoms with van der Waals surface area (Å²) in [7, 11) is -7.74. The predicted molar refractivity (Wildman–Crippen MR) is 221 cm³/mol. The molecule has 1 aliphatic rings. The Morgan fingerprint density at radius 1 is 0.865 bits per heavy atom. The summed E-state index contributed by atoms with van der Waals surface area (Å²) in [6.07, 6.45) is 7.20. The smallest absolute Gasteiger partial charge is 0.188 e. The topological polar surface area (TPSA) is 178 Å². The van der Waals surface area contributed by atoms with Gasteiger partial charge in [-0.2, -0.15) is 0 Å². The fraction of sp³-hybridized carbons (Fsp3) is 0.632. The number of hydrogen-bond acceptors (Lipinski definition) is 10. The van der Waals surface area contributed by atoms with Crippen LogP contribution < -0.4 is 11.5 Å². The number of aliphatic imine (C=N–C) groups is 1. The highest BCUT2D eigenvalue weighted by Gasteiger charge is 2.54. The number of allylic oxidation sites excluding steroid dienone is 1. The number of nitrogen functional groups attached to an aromatic ring is 1. The van der Waals surface area contributed by atoms with Gasteiger partial charge in [-0.3, -0.25) is 9.56 Å². The van der Waals surface area contributed by atoms with Crippen molar-refractivity contribution in [2.24, 2.45) is 22.6 Å². The quantitative estimate of drug-likeness (QED) is 0.0770. The zero-order valence-corrected chi connectivity index (χ0v) is 36.6. The van der Waals surface area contributed by atoms with Crippen LogP contribution in [0, 0.1) is 11.8 Å². The minimum Gasteiger partial charge on any atom is -0.432 e. The van der Waals surface area contributed by atoms with Crippen molar-refractivity contribution in [1.82, 2.24) is 19.5 Å². The van der Waals surface area contributed by atoms with E-state index in [0.29, 0.717) is 35.5 Å². The number of anilines is 1. The van der Waals surface area contributed by atoms with Crippen LogP contribution in [0.25, 0.3) is 16.7 Å². The highest BCUT2D eigenvalue weighted by Crippen LogP contribution is 2.57. The molecule has 4 rings (SSSR count). The Hall–Kier alpha value is -2.73. The normalized spacial score (nSPS) is 21.5. The number of rotatable bonds is 15. The third kappa shape index (κ3) is 9.13. The number of hydrogen-bond donors (Lipinski definition) is 5. The average molecular weight is 768 g/mol. The first-order chi connectivity index (χ1) is 23.8. The Kier molecular flexibility index (Phi) is 12.3. The molecular formula is C38H65N7O4Si3. The maximum atomic E-state index is 11.6. The standard InChI is InChI=1S/C38H65N7O4Si3/c1-36(2,50(7,8)46)19-18-30-28(20-37(3,4)51(9,10)47)29(21-38(5,6)52(11,12)48)35(49-30)45-25-42-31-32(40)43-33(44-34(31)45)27(22-39)24-41-23-26-16-14-13-15-17-26/h13-17,22,24-25,28-30,35,46-48H,18-21,23,39H2,1-12H3,(H2,40,43,44)/t28-,29+,30+,35?/m0/s1. The van der Waals surface area contributed by atoms with Crippen molar-refractivity contribution in [3.8, 4) is 0 Å². The van der Waals surface area contributed by atoms with Crippen LogP contribution in [0.3, 0.4) is 0 Å². The van der Waals surface area contributed by atoms with Crippen molar-refractivity contribution in [3.63, 3.8) is 0 Å². The maximum absolute atomic E-state index is 11.6. The molecule has 1 saturated heterocycles. The molecule has 288 valence electrons. The van der Waals surface area contributed by atoms with E-state index in [1.807, 2.05) is 74.2 Å². The van der Waals surface area contributed by atoms with E-state index in [1.54, 1.807) is 12.5 Å². The zero-order chi connectivity index (χ0) is 39.1. The lowest BCUT2D eigenvalue weighted by Crippen LogP contribution is -2.44. The van der Waals surface area contributed by atoms with Gasteiger partial charge >= 0.3 is 0 Å². The van der Waals surface area contributed by atoms with Crippen LogP contribution in [0.4, 0.5) is 5.82 Å². The largest absolute Gasteiger partial charge is 0.432 e. The molecule has 14 heteroatoms. The molecule has 0 saturated carbocycles. The van der Waals surface area contributed by atoms with Gasteiger partial charge in [-0.1, -0.05) is 71.9 Å². The molecule has 1 unspecified atom stereocenters. The lowest BCUT2D eigenvalue weighted by atomic mass is 9.77. The first-order valence-corrected chi connectivity index (χ1v) is 27.4. The van der Waals surface area contributed by atoms with Crippen LogP contribution in [0.15, 0.2) is 47.9 Å². The molecule has 52 heavy (non-hydrogen) atoms. The summed E-state index contributed by atoms with van der Waals surface area (Å²) >= 11 is 0. The number of nitrogens with zero attached hydrogens (tertiary/aromatic N) is 5. The average Bonchev–Trinajstić information content (AvgIpc) is 3.58. The summed E-state index contributed by atoms with van der Waals surface area (Å²) < 4.78 is 9.18. The molecule has 1 fully saturated rings. The fourth-order valence-corrected chi connectivity index (χ4v) is 8.93. The van der Waals surface area contributed by atoms with Gasteiger partial charge in [0.1, 0.15) is 11.7 Å². The zero-order valence-electron chi connectivity index (χ0n) is 33.6. The van der Waals surface area contributed by atoms with Gasteiger partial charge in [0, 0.05) is 18.3 Å². The number of ether oxygens (including phenoxy) is 1. The summed E-state index contributed by atoms with van der Waals surface area (Å²) in [5.41, 5.74) is 15.2. The van der Waals surface area contributed by atoms with Crippen molar-refractivity contribution < 1.29 is 19.1 Å². The first kappa shape index (κ1) is 42.0. The third-order valence-electron chi connectivity index (χ3n) is 12.7. The molecule has 0 radical (unpaired) electrons. The van der Waals surface area contributed by atoms with Gasteiger partial charge in [0.15, 0.2) is 42.2 Å². The van der Waals surface area contributed by atoms with Crippen LogP contribution >= 0.6 is 0 Å². The lowest BCUT2D eigenvalue weighted by molar-refractivity contribution is -0.0206. The molecule has 1 aliphatic heterocycles. The summed E-state index contributed by atoms with van der Waals surface area (Å²) in [6.45, 7) is 25.5. The van der Waals surface area contributed by atoms with Crippen LogP contribution in [-0.2, 0) is 11.3 Å². The highest BCUT2D eigenvalue weighted by atomic mass is 28.4. The lowest BCUT2D eigenvalue weighted by Gasteiger charge is -2.43. The van der Waals surface area contributed by atoms with E-state index in [0.717, 1.165) is 24.8 Å². The Morgan fingerprint density at radius 3 is 1.96 bits per heavy atom. The summed E-state index contributed by atoms with van der Waals surface area (Å²) in [5.74, 6) is 0.567. The van der Waals surface area contributed by atoms with Crippen LogP contribution in [-0.4, -0.2) is 71.2 Å². The molecule has 4 atom stereocenters. The van der Waals surface area contributed by atoms with Crippen LogP contribution in [0.5, 0.6) is 0 Å². The van der Waals surface area contributed by atoms with Gasteiger partial charge in [-0.25, -0.2) is 15.0 Å². The van der Waals surface area contributed by atoms with Crippen molar-refractivity contribution in [2.75, 3.05) is 5.73 Å². The highest BCUT2D eigenvalue weighted by molar-refractivity contribution is 6.73. The number of nitrogens with two attached hydrogens (primary N) is 2. The molecule has 0 amide bonds. The van der Waals surface area contributed by atoms with Crippen molar-refractivity contribution >= 4 is 53.7 Å². The fourth-order valence-electron chi connectivity index (χ4n) is 6.71. The van der Waals surface area contributed by atoms with E-state index in [2.05, 4.69) is 51.5 Å². The monoisotopic (exact) mass is 767 g/mol.